The zero-order valence-corrected chi connectivity index (χ0v) is 11.4. The summed E-state index contributed by atoms with van der Waals surface area (Å²) in [5.74, 6) is 4.82. The van der Waals surface area contributed by atoms with Crippen LogP contribution >= 0.6 is 0 Å². The summed E-state index contributed by atoms with van der Waals surface area (Å²) in [5, 5.41) is 0. The first-order chi connectivity index (χ1) is 7.11. The molecule has 1 saturated carbocycles. The second-order valence-corrected chi connectivity index (χ2v) is 5.89. The van der Waals surface area contributed by atoms with E-state index in [0.29, 0.717) is 0 Å². The fourth-order valence-corrected chi connectivity index (χ4v) is 3.87. The van der Waals surface area contributed by atoms with Crippen LogP contribution in [0.5, 0.6) is 0 Å². The van der Waals surface area contributed by atoms with Crippen molar-refractivity contribution in [1.82, 2.24) is 0 Å². The van der Waals surface area contributed by atoms with E-state index < -0.39 is 0 Å². The van der Waals surface area contributed by atoms with Crippen LogP contribution in [0.2, 0.25) is 0 Å². The van der Waals surface area contributed by atoms with Crippen LogP contribution < -0.4 is 0 Å². The molecule has 0 aliphatic heterocycles. The molecule has 0 radical (unpaired) electrons. The standard InChI is InChI=1S/C15H30/c1-6-11(3)14(7-2)13(5)15-10-8-9-12(15)4/h11-15H,6-10H2,1-5H3. The quantitative estimate of drug-likeness (QED) is 0.590. The van der Waals surface area contributed by atoms with E-state index in [2.05, 4.69) is 34.6 Å². The molecule has 0 aromatic rings. The van der Waals surface area contributed by atoms with E-state index in [4.69, 9.17) is 0 Å². The highest BCUT2D eigenvalue weighted by Crippen LogP contribution is 2.42. The smallest absolute Gasteiger partial charge is 0.0360 e. The molecule has 1 aliphatic rings. The molecule has 1 fully saturated rings. The molecule has 5 atom stereocenters. The Morgan fingerprint density at radius 3 is 2.13 bits per heavy atom. The largest absolute Gasteiger partial charge is 0.0651 e. The SMILES string of the molecule is CCC(C)C(CC)C(C)C1CCCC1C. The third-order valence-corrected chi connectivity index (χ3v) is 5.12. The molecular weight excluding hydrogens is 180 g/mol. The van der Waals surface area contributed by atoms with Crippen LogP contribution in [0.1, 0.15) is 66.7 Å². The lowest BCUT2D eigenvalue weighted by atomic mass is 9.71. The molecule has 5 unspecified atom stereocenters. The lowest BCUT2D eigenvalue weighted by Gasteiger charge is -2.34. The van der Waals surface area contributed by atoms with Crippen LogP contribution in [0.4, 0.5) is 0 Å². The van der Waals surface area contributed by atoms with E-state index in [9.17, 15) is 0 Å². The average Bonchev–Trinajstić information content (AvgIpc) is 2.65. The Morgan fingerprint density at radius 1 is 1.07 bits per heavy atom. The molecule has 0 heterocycles. The fraction of sp³-hybridized carbons (Fsp3) is 1.00. The molecule has 90 valence electrons. The minimum absolute atomic E-state index is 0.915. The van der Waals surface area contributed by atoms with Crippen molar-refractivity contribution in [3.63, 3.8) is 0 Å². The summed E-state index contributed by atoms with van der Waals surface area (Å²) in [5.41, 5.74) is 0. The summed E-state index contributed by atoms with van der Waals surface area (Å²) < 4.78 is 0. The van der Waals surface area contributed by atoms with Crippen molar-refractivity contribution in [3.8, 4) is 0 Å². The molecule has 0 aromatic heterocycles. The number of hydrogen-bond donors (Lipinski definition) is 0. The lowest BCUT2D eigenvalue weighted by molar-refractivity contribution is 0.152. The minimum Gasteiger partial charge on any atom is -0.0651 e. The molecule has 0 saturated heterocycles. The molecule has 0 N–H and O–H groups in total. The molecule has 0 bridgehead atoms. The van der Waals surface area contributed by atoms with Gasteiger partial charge in [0, 0.05) is 0 Å². The second-order valence-electron chi connectivity index (χ2n) is 5.89. The Morgan fingerprint density at radius 2 is 1.73 bits per heavy atom. The normalized spacial score (nSPS) is 32.6. The topological polar surface area (TPSA) is 0 Å². The maximum Gasteiger partial charge on any atom is -0.0360 e. The van der Waals surface area contributed by atoms with Crippen molar-refractivity contribution in [3.05, 3.63) is 0 Å². The highest BCUT2D eigenvalue weighted by molar-refractivity contribution is 4.83. The van der Waals surface area contributed by atoms with E-state index in [1.165, 1.54) is 32.1 Å². The van der Waals surface area contributed by atoms with Gasteiger partial charge in [0.05, 0.1) is 0 Å². The van der Waals surface area contributed by atoms with Gasteiger partial charge in [-0.05, 0) is 36.0 Å². The Bertz CT molecular complexity index is 173. The Balaban J connectivity index is 2.59. The van der Waals surface area contributed by atoms with Crippen LogP contribution in [-0.4, -0.2) is 0 Å². The number of rotatable bonds is 5. The first kappa shape index (κ1) is 13.1. The third-order valence-electron chi connectivity index (χ3n) is 5.12. The Kier molecular flexibility index (Phi) is 5.15. The van der Waals surface area contributed by atoms with E-state index in [0.717, 1.165) is 29.6 Å². The van der Waals surface area contributed by atoms with Crippen LogP contribution in [0.3, 0.4) is 0 Å². The van der Waals surface area contributed by atoms with Gasteiger partial charge in [0.25, 0.3) is 0 Å². The van der Waals surface area contributed by atoms with Crippen LogP contribution in [0.15, 0.2) is 0 Å². The zero-order valence-electron chi connectivity index (χ0n) is 11.4. The summed E-state index contributed by atoms with van der Waals surface area (Å²) >= 11 is 0. The summed E-state index contributed by atoms with van der Waals surface area (Å²) in [6.45, 7) is 12.2. The molecule has 1 rings (SSSR count). The first-order valence-corrected chi connectivity index (χ1v) is 7.11. The molecular formula is C15H30. The predicted molar refractivity (Wildman–Crippen MR) is 68.9 cm³/mol. The van der Waals surface area contributed by atoms with E-state index >= 15 is 0 Å². The lowest BCUT2D eigenvalue weighted by Crippen LogP contribution is -2.26. The second kappa shape index (κ2) is 5.92. The predicted octanol–water partition coefficient (Wildman–Crippen LogP) is 5.13. The van der Waals surface area contributed by atoms with E-state index in [-0.39, 0.29) is 0 Å². The van der Waals surface area contributed by atoms with Crippen LogP contribution in [0.25, 0.3) is 0 Å². The average molecular weight is 210 g/mol. The van der Waals surface area contributed by atoms with Gasteiger partial charge in [-0.2, -0.15) is 0 Å². The van der Waals surface area contributed by atoms with Gasteiger partial charge in [0.15, 0.2) is 0 Å². The molecule has 15 heavy (non-hydrogen) atoms. The first-order valence-electron chi connectivity index (χ1n) is 7.11. The third kappa shape index (κ3) is 2.98. The molecule has 0 heteroatoms. The Hall–Kier alpha value is 0. The zero-order chi connectivity index (χ0) is 11.4. The van der Waals surface area contributed by atoms with Gasteiger partial charge in [-0.15, -0.1) is 0 Å². The summed E-state index contributed by atoms with van der Waals surface area (Å²) in [7, 11) is 0. The fourth-order valence-electron chi connectivity index (χ4n) is 3.87. The highest BCUT2D eigenvalue weighted by atomic mass is 14.4. The van der Waals surface area contributed by atoms with Crippen molar-refractivity contribution in [2.45, 2.75) is 66.7 Å². The molecule has 0 amide bonds. The summed E-state index contributed by atoms with van der Waals surface area (Å²) in [4.78, 5) is 0. The van der Waals surface area contributed by atoms with Gasteiger partial charge in [-0.3, -0.25) is 0 Å². The maximum atomic E-state index is 2.52. The minimum atomic E-state index is 0.915. The highest BCUT2D eigenvalue weighted by Gasteiger charge is 2.33. The molecule has 0 nitrogen and oxygen atoms in total. The van der Waals surface area contributed by atoms with E-state index in [1.54, 1.807) is 0 Å². The van der Waals surface area contributed by atoms with Crippen molar-refractivity contribution in [2.75, 3.05) is 0 Å². The van der Waals surface area contributed by atoms with Gasteiger partial charge < -0.3 is 0 Å². The Labute approximate surface area is 96.8 Å². The van der Waals surface area contributed by atoms with Gasteiger partial charge >= 0.3 is 0 Å². The van der Waals surface area contributed by atoms with Crippen LogP contribution in [0, 0.1) is 29.6 Å². The molecule has 0 spiro atoms. The summed E-state index contributed by atoms with van der Waals surface area (Å²) in [6, 6.07) is 0. The van der Waals surface area contributed by atoms with Gasteiger partial charge in [-0.1, -0.05) is 60.3 Å². The van der Waals surface area contributed by atoms with Crippen molar-refractivity contribution in [2.24, 2.45) is 29.6 Å². The van der Waals surface area contributed by atoms with Crippen molar-refractivity contribution < 1.29 is 0 Å². The number of hydrogen-bond acceptors (Lipinski definition) is 0. The molecule has 0 aromatic carbocycles. The summed E-state index contributed by atoms with van der Waals surface area (Å²) in [6.07, 6.45) is 7.18. The molecule has 1 aliphatic carbocycles. The van der Waals surface area contributed by atoms with Crippen molar-refractivity contribution in [1.29, 1.82) is 0 Å². The van der Waals surface area contributed by atoms with Gasteiger partial charge in [-0.25, -0.2) is 0 Å². The van der Waals surface area contributed by atoms with Crippen molar-refractivity contribution >= 4 is 0 Å². The van der Waals surface area contributed by atoms with Crippen LogP contribution in [-0.2, 0) is 0 Å². The van der Waals surface area contributed by atoms with Gasteiger partial charge in [0.2, 0.25) is 0 Å². The van der Waals surface area contributed by atoms with E-state index in [1.807, 2.05) is 0 Å². The monoisotopic (exact) mass is 210 g/mol. The maximum absolute atomic E-state index is 2.52. The van der Waals surface area contributed by atoms with Gasteiger partial charge in [0.1, 0.15) is 0 Å².